The third-order valence-corrected chi connectivity index (χ3v) is 6.06. The number of carbonyl (C=O) groups is 1. The molecule has 2 heterocycles. The second kappa shape index (κ2) is 7.62. The van der Waals surface area contributed by atoms with E-state index in [1.165, 1.54) is 24.0 Å². The van der Waals surface area contributed by atoms with Crippen molar-refractivity contribution in [2.24, 2.45) is 0 Å². The first-order chi connectivity index (χ1) is 13.1. The monoisotopic (exact) mass is 397 g/mol. The van der Waals surface area contributed by atoms with Gasteiger partial charge in [-0.2, -0.15) is 0 Å². The lowest BCUT2D eigenvalue weighted by atomic mass is 9.99. The van der Waals surface area contributed by atoms with Gasteiger partial charge in [0, 0.05) is 19.0 Å². The van der Waals surface area contributed by atoms with Crippen molar-refractivity contribution in [1.29, 1.82) is 0 Å². The maximum Gasteiger partial charge on any atom is 0.337 e. The number of likely N-dealkylation sites (tertiary alicyclic amines) is 1. The maximum atomic E-state index is 11.7. The van der Waals surface area contributed by atoms with Gasteiger partial charge in [-0.3, -0.25) is 0 Å². The first-order valence-corrected chi connectivity index (χ1v) is 9.96. The molecule has 1 aliphatic rings. The standard InChI is InChI=1S/C20H19N3O2S2/c1-25-18(24)14-7-8-16-17(11-14)27-19(21-16)22-20(26)23-10-9-15(12-23)13-5-3-2-4-6-13/h2-8,11,15H,9-10,12H2,1H3,(H,21,22,26)/t15-/m0/s1. The highest BCUT2D eigenvalue weighted by Crippen LogP contribution is 2.30. The summed E-state index contributed by atoms with van der Waals surface area (Å²) in [5, 5.41) is 4.69. The number of nitrogens with one attached hydrogen (secondary N) is 1. The summed E-state index contributed by atoms with van der Waals surface area (Å²) in [6, 6.07) is 15.9. The molecule has 138 valence electrons. The van der Waals surface area contributed by atoms with Gasteiger partial charge in [0.05, 0.1) is 22.9 Å². The second-order valence-electron chi connectivity index (χ2n) is 6.47. The lowest BCUT2D eigenvalue weighted by molar-refractivity contribution is 0.0601. The zero-order chi connectivity index (χ0) is 18.8. The first-order valence-electron chi connectivity index (χ1n) is 8.74. The lowest BCUT2D eigenvalue weighted by Crippen LogP contribution is -2.32. The van der Waals surface area contributed by atoms with Gasteiger partial charge in [-0.1, -0.05) is 41.7 Å². The highest BCUT2D eigenvalue weighted by molar-refractivity contribution is 7.80. The Kier molecular flexibility index (Phi) is 5.05. The van der Waals surface area contributed by atoms with E-state index in [0.717, 1.165) is 34.9 Å². The summed E-state index contributed by atoms with van der Waals surface area (Å²) in [6.45, 7) is 1.84. The van der Waals surface area contributed by atoms with Crippen LogP contribution in [0.1, 0.15) is 28.3 Å². The number of hydrogen-bond acceptors (Lipinski definition) is 5. The second-order valence-corrected chi connectivity index (χ2v) is 7.88. The van der Waals surface area contributed by atoms with Crippen LogP contribution in [0.2, 0.25) is 0 Å². The summed E-state index contributed by atoms with van der Waals surface area (Å²) in [6.07, 6.45) is 1.09. The van der Waals surface area contributed by atoms with E-state index in [-0.39, 0.29) is 5.97 Å². The number of benzene rings is 2. The number of methoxy groups -OCH3 is 1. The van der Waals surface area contributed by atoms with Gasteiger partial charge < -0.3 is 15.0 Å². The fraction of sp³-hybridized carbons (Fsp3) is 0.250. The van der Waals surface area contributed by atoms with Crippen molar-refractivity contribution in [3.63, 3.8) is 0 Å². The van der Waals surface area contributed by atoms with Crippen molar-refractivity contribution in [2.45, 2.75) is 12.3 Å². The molecule has 1 atom stereocenters. The van der Waals surface area contributed by atoms with Gasteiger partial charge in [-0.15, -0.1) is 0 Å². The maximum absolute atomic E-state index is 11.7. The number of carbonyl (C=O) groups excluding carboxylic acids is 1. The van der Waals surface area contributed by atoms with E-state index in [1.807, 2.05) is 12.1 Å². The van der Waals surface area contributed by atoms with E-state index in [1.54, 1.807) is 12.1 Å². The number of thiocarbonyl (C=S) groups is 1. The average Bonchev–Trinajstić information content (AvgIpc) is 3.34. The van der Waals surface area contributed by atoms with E-state index >= 15 is 0 Å². The fourth-order valence-electron chi connectivity index (χ4n) is 3.34. The third kappa shape index (κ3) is 3.79. The number of rotatable bonds is 3. The molecule has 0 spiro atoms. The zero-order valence-electron chi connectivity index (χ0n) is 14.8. The summed E-state index contributed by atoms with van der Waals surface area (Å²) in [7, 11) is 1.38. The molecule has 27 heavy (non-hydrogen) atoms. The molecule has 4 rings (SSSR count). The number of hydrogen-bond donors (Lipinski definition) is 1. The van der Waals surface area contributed by atoms with Crippen molar-refractivity contribution in [2.75, 3.05) is 25.5 Å². The fourth-order valence-corrected chi connectivity index (χ4v) is 4.57. The minimum atomic E-state index is -0.348. The molecule has 3 aromatic rings. The molecule has 1 N–H and O–H groups in total. The van der Waals surface area contributed by atoms with Crippen LogP contribution in [-0.2, 0) is 4.74 Å². The Morgan fingerprint density at radius 1 is 1.30 bits per heavy atom. The number of nitrogens with zero attached hydrogens (tertiary/aromatic N) is 2. The lowest BCUT2D eigenvalue weighted by Gasteiger charge is -2.19. The molecular weight excluding hydrogens is 378 g/mol. The number of thiazole rings is 1. The molecule has 0 radical (unpaired) electrons. The minimum Gasteiger partial charge on any atom is -0.465 e. The van der Waals surface area contributed by atoms with Crippen molar-refractivity contribution in [1.82, 2.24) is 9.88 Å². The molecule has 0 saturated carbocycles. The number of anilines is 1. The van der Waals surface area contributed by atoms with Crippen LogP contribution in [0.5, 0.6) is 0 Å². The molecular formula is C20H19N3O2S2. The highest BCUT2D eigenvalue weighted by Gasteiger charge is 2.25. The molecule has 0 aliphatic carbocycles. The summed E-state index contributed by atoms with van der Waals surface area (Å²) in [4.78, 5) is 18.4. The quantitative estimate of drug-likeness (QED) is 0.526. The van der Waals surface area contributed by atoms with Crippen molar-refractivity contribution in [3.05, 3.63) is 59.7 Å². The van der Waals surface area contributed by atoms with E-state index in [0.29, 0.717) is 16.6 Å². The van der Waals surface area contributed by atoms with Gasteiger partial charge in [0.25, 0.3) is 0 Å². The predicted molar refractivity (Wildman–Crippen MR) is 113 cm³/mol. The van der Waals surface area contributed by atoms with Gasteiger partial charge in [0.1, 0.15) is 0 Å². The van der Waals surface area contributed by atoms with E-state index < -0.39 is 0 Å². The van der Waals surface area contributed by atoms with Gasteiger partial charge in [-0.25, -0.2) is 9.78 Å². The van der Waals surface area contributed by atoms with Crippen LogP contribution in [0.4, 0.5) is 5.13 Å². The minimum absolute atomic E-state index is 0.348. The molecule has 0 amide bonds. The molecule has 0 bridgehead atoms. The van der Waals surface area contributed by atoms with Crippen LogP contribution in [-0.4, -0.2) is 41.2 Å². The van der Waals surface area contributed by atoms with E-state index in [4.69, 9.17) is 17.0 Å². The van der Waals surface area contributed by atoms with E-state index in [2.05, 4.69) is 39.5 Å². The van der Waals surface area contributed by atoms with Crippen molar-refractivity contribution in [3.8, 4) is 0 Å². The number of aromatic nitrogens is 1. The SMILES string of the molecule is COC(=O)c1ccc2nc(NC(=S)N3CC[C@H](c4ccccc4)C3)sc2c1. The van der Waals surface area contributed by atoms with Gasteiger partial charge >= 0.3 is 5.97 Å². The average molecular weight is 398 g/mol. The Hall–Kier alpha value is -2.51. The summed E-state index contributed by atoms with van der Waals surface area (Å²) in [5.41, 5.74) is 2.72. The van der Waals surface area contributed by atoms with Gasteiger partial charge in [0.2, 0.25) is 0 Å². The molecule has 1 aliphatic heterocycles. The molecule has 1 aromatic heterocycles. The highest BCUT2D eigenvalue weighted by atomic mass is 32.1. The molecule has 5 nitrogen and oxygen atoms in total. The zero-order valence-corrected chi connectivity index (χ0v) is 16.5. The van der Waals surface area contributed by atoms with Crippen LogP contribution < -0.4 is 5.32 Å². The molecule has 0 unspecified atom stereocenters. The summed E-state index contributed by atoms with van der Waals surface area (Å²) < 4.78 is 5.70. The van der Waals surface area contributed by atoms with Gasteiger partial charge in [0.15, 0.2) is 10.2 Å². The Balaban J connectivity index is 1.44. The first kappa shape index (κ1) is 17.9. The normalized spacial score (nSPS) is 16.5. The smallest absolute Gasteiger partial charge is 0.337 e. The Labute approximate surface area is 167 Å². The van der Waals surface area contributed by atoms with Crippen molar-refractivity contribution >= 4 is 50.0 Å². The van der Waals surface area contributed by atoms with Crippen LogP contribution in [0.25, 0.3) is 10.2 Å². The summed E-state index contributed by atoms with van der Waals surface area (Å²) in [5.74, 6) is 0.156. The van der Waals surface area contributed by atoms with E-state index in [9.17, 15) is 4.79 Å². The van der Waals surface area contributed by atoms with Crippen LogP contribution in [0.3, 0.4) is 0 Å². The number of esters is 1. The molecule has 1 saturated heterocycles. The largest absolute Gasteiger partial charge is 0.465 e. The van der Waals surface area contributed by atoms with Crippen LogP contribution in [0, 0.1) is 0 Å². The molecule has 7 heteroatoms. The summed E-state index contributed by atoms with van der Waals surface area (Å²) >= 11 is 7.08. The van der Waals surface area contributed by atoms with Crippen LogP contribution >= 0.6 is 23.6 Å². The molecule has 2 aromatic carbocycles. The molecule has 1 fully saturated rings. The third-order valence-electron chi connectivity index (χ3n) is 4.77. The number of ether oxygens (including phenoxy) is 1. The van der Waals surface area contributed by atoms with Crippen molar-refractivity contribution < 1.29 is 9.53 Å². The van der Waals surface area contributed by atoms with Gasteiger partial charge in [-0.05, 0) is 42.4 Å². The topological polar surface area (TPSA) is 54.5 Å². The number of fused-ring (bicyclic) bond motifs is 1. The Morgan fingerprint density at radius 2 is 2.11 bits per heavy atom. The predicted octanol–water partition coefficient (Wildman–Crippen LogP) is 4.27. The Morgan fingerprint density at radius 3 is 2.89 bits per heavy atom. The van der Waals surface area contributed by atoms with Crippen LogP contribution in [0.15, 0.2) is 48.5 Å². The Bertz CT molecular complexity index is 987.